The molecule has 1 aromatic heterocycles. The smallest absolute Gasteiger partial charge is 0.271 e. The van der Waals surface area contributed by atoms with Crippen molar-refractivity contribution in [1.82, 2.24) is 14.1 Å². The highest BCUT2D eigenvalue weighted by Crippen LogP contribution is 2.21. The molecule has 0 radical (unpaired) electrons. The molecule has 11 heteroatoms. The summed E-state index contributed by atoms with van der Waals surface area (Å²) < 4.78 is 54.6. The fourth-order valence-corrected chi connectivity index (χ4v) is 4.84. The van der Waals surface area contributed by atoms with Gasteiger partial charge in [-0.05, 0) is 48.5 Å². The Morgan fingerprint density at radius 3 is 2.19 bits per heavy atom. The predicted octanol–water partition coefficient (Wildman–Crippen LogP) is 2.68. The molecule has 1 fully saturated rings. The normalized spacial score (nSPS) is 15.3. The second kappa shape index (κ2) is 8.37. The van der Waals surface area contributed by atoms with Gasteiger partial charge in [-0.3, -0.25) is 4.79 Å². The third kappa shape index (κ3) is 4.32. The van der Waals surface area contributed by atoms with Crippen LogP contribution in [0.15, 0.2) is 64.3 Å². The summed E-state index contributed by atoms with van der Waals surface area (Å²) in [7, 11) is -3.96. The fourth-order valence-electron chi connectivity index (χ4n) is 3.28. The maximum atomic E-state index is 13.5. The molecule has 2 heterocycles. The van der Waals surface area contributed by atoms with Gasteiger partial charge in [0.05, 0.1) is 10.6 Å². The van der Waals surface area contributed by atoms with Crippen molar-refractivity contribution >= 4 is 27.4 Å². The molecule has 162 valence electrons. The maximum absolute atomic E-state index is 13.5. The van der Waals surface area contributed by atoms with Crippen LogP contribution < -0.4 is 10.5 Å². The summed E-state index contributed by atoms with van der Waals surface area (Å²) in [5.74, 6) is -1.81. The fraction of sp³-hybridized carbons (Fsp3) is 0.200. The summed E-state index contributed by atoms with van der Waals surface area (Å²) in [6, 6.07) is 12.1. The highest BCUT2D eigenvalue weighted by atomic mass is 35.5. The number of rotatable bonds is 4. The SMILES string of the molecule is O=c1ccc(N2CCN(S(=O)(=O)c3ccc(F)c(F)c3)CC2)nn1-c1ccc(Cl)cc1. The molecule has 0 atom stereocenters. The van der Waals surface area contributed by atoms with E-state index in [0.29, 0.717) is 35.7 Å². The van der Waals surface area contributed by atoms with Crippen LogP contribution in [0.5, 0.6) is 0 Å². The highest BCUT2D eigenvalue weighted by Gasteiger charge is 2.29. The van der Waals surface area contributed by atoms with Crippen LogP contribution in [0.25, 0.3) is 5.69 Å². The number of aromatic nitrogens is 2. The monoisotopic (exact) mass is 466 g/mol. The second-order valence-corrected chi connectivity index (χ2v) is 9.26. The first-order valence-electron chi connectivity index (χ1n) is 9.32. The average Bonchev–Trinajstić information content (AvgIpc) is 2.77. The van der Waals surface area contributed by atoms with Gasteiger partial charge in [0.15, 0.2) is 11.6 Å². The number of hydrogen-bond acceptors (Lipinski definition) is 5. The summed E-state index contributed by atoms with van der Waals surface area (Å²) >= 11 is 5.89. The van der Waals surface area contributed by atoms with Crippen LogP contribution in [0.1, 0.15) is 0 Å². The number of hydrogen-bond donors (Lipinski definition) is 0. The summed E-state index contributed by atoms with van der Waals surface area (Å²) in [6.45, 7) is 0.885. The third-order valence-electron chi connectivity index (χ3n) is 4.95. The first kappa shape index (κ1) is 21.4. The van der Waals surface area contributed by atoms with Gasteiger partial charge in [-0.2, -0.15) is 8.99 Å². The molecule has 0 amide bonds. The zero-order valence-electron chi connectivity index (χ0n) is 16.1. The summed E-state index contributed by atoms with van der Waals surface area (Å²) in [6.07, 6.45) is 0. The van der Waals surface area contributed by atoms with E-state index in [2.05, 4.69) is 5.10 Å². The lowest BCUT2D eigenvalue weighted by molar-refractivity contribution is 0.382. The second-order valence-electron chi connectivity index (χ2n) is 6.89. The van der Waals surface area contributed by atoms with E-state index in [1.54, 1.807) is 30.3 Å². The lowest BCUT2D eigenvalue weighted by Crippen LogP contribution is -2.49. The van der Waals surface area contributed by atoms with Crippen LogP contribution >= 0.6 is 11.6 Å². The molecule has 2 aromatic carbocycles. The molecule has 4 rings (SSSR count). The van der Waals surface area contributed by atoms with Gasteiger partial charge in [0.2, 0.25) is 10.0 Å². The molecule has 1 aliphatic rings. The van der Waals surface area contributed by atoms with Crippen molar-refractivity contribution < 1.29 is 17.2 Å². The molecule has 0 spiro atoms. The molecular weight excluding hydrogens is 450 g/mol. The first-order valence-corrected chi connectivity index (χ1v) is 11.1. The molecule has 0 aliphatic carbocycles. The largest absolute Gasteiger partial charge is 0.353 e. The molecule has 0 saturated carbocycles. The number of nitrogens with zero attached hydrogens (tertiary/aromatic N) is 4. The minimum Gasteiger partial charge on any atom is -0.353 e. The van der Waals surface area contributed by atoms with E-state index in [0.717, 1.165) is 12.1 Å². The summed E-state index contributed by atoms with van der Waals surface area (Å²) in [5, 5.41) is 4.92. The first-order chi connectivity index (χ1) is 14.8. The molecule has 1 saturated heterocycles. The molecule has 1 aliphatic heterocycles. The van der Waals surface area contributed by atoms with Crippen LogP contribution in [0.4, 0.5) is 14.6 Å². The van der Waals surface area contributed by atoms with Gasteiger partial charge in [-0.25, -0.2) is 17.2 Å². The predicted molar refractivity (Wildman–Crippen MR) is 112 cm³/mol. The quantitative estimate of drug-likeness (QED) is 0.591. The Morgan fingerprint density at radius 2 is 1.55 bits per heavy atom. The number of halogens is 3. The lowest BCUT2D eigenvalue weighted by atomic mass is 10.3. The number of piperazine rings is 1. The van der Waals surface area contributed by atoms with Gasteiger partial charge >= 0.3 is 0 Å². The molecule has 0 N–H and O–H groups in total. The Hall–Kier alpha value is -2.82. The van der Waals surface area contributed by atoms with E-state index in [4.69, 9.17) is 11.6 Å². The Balaban J connectivity index is 1.52. The van der Waals surface area contributed by atoms with Crippen molar-refractivity contribution in [2.45, 2.75) is 4.90 Å². The van der Waals surface area contributed by atoms with Crippen molar-refractivity contribution in [3.63, 3.8) is 0 Å². The van der Waals surface area contributed by atoms with E-state index < -0.39 is 21.7 Å². The Bertz CT molecular complexity index is 1270. The van der Waals surface area contributed by atoms with Crippen molar-refractivity contribution in [1.29, 1.82) is 0 Å². The molecule has 31 heavy (non-hydrogen) atoms. The number of sulfonamides is 1. The highest BCUT2D eigenvalue weighted by molar-refractivity contribution is 7.89. The van der Waals surface area contributed by atoms with Crippen molar-refractivity contribution in [2.75, 3.05) is 31.1 Å². The van der Waals surface area contributed by atoms with Crippen LogP contribution in [0.3, 0.4) is 0 Å². The number of benzene rings is 2. The van der Waals surface area contributed by atoms with E-state index in [1.165, 1.54) is 15.1 Å². The molecule has 3 aromatic rings. The number of anilines is 1. The standard InChI is InChI=1S/C20H17ClF2N4O3S/c21-14-1-3-15(4-2-14)27-20(28)8-7-19(24-27)25-9-11-26(12-10-25)31(29,30)16-5-6-17(22)18(23)13-16/h1-8,13H,9-12H2. The van der Waals surface area contributed by atoms with Gasteiger partial charge in [-0.1, -0.05) is 11.6 Å². The zero-order valence-corrected chi connectivity index (χ0v) is 17.7. The van der Waals surface area contributed by atoms with E-state index in [-0.39, 0.29) is 23.5 Å². The summed E-state index contributed by atoms with van der Waals surface area (Å²) in [5.41, 5.74) is 0.237. The molecular formula is C20H17ClF2N4O3S. The Labute approximate surface area is 182 Å². The van der Waals surface area contributed by atoms with Gasteiger partial charge < -0.3 is 4.90 Å². The minimum atomic E-state index is -3.96. The van der Waals surface area contributed by atoms with Crippen LogP contribution in [-0.4, -0.2) is 48.7 Å². The van der Waals surface area contributed by atoms with E-state index in [1.807, 2.05) is 4.90 Å². The van der Waals surface area contributed by atoms with Crippen molar-refractivity contribution in [2.24, 2.45) is 0 Å². The Morgan fingerprint density at radius 1 is 0.871 bits per heavy atom. The van der Waals surface area contributed by atoms with Gasteiger partial charge in [-0.15, -0.1) is 5.10 Å². The minimum absolute atomic E-state index is 0.128. The molecule has 0 unspecified atom stereocenters. The molecule has 7 nitrogen and oxygen atoms in total. The van der Waals surface area contributed by atoms with Crippen LogP contribution in [0.2, 0.25) is 5.02 Å². The van der Waals surface area contributed by atoms with E-state index in [9.17, 15) is 22.0 Å². The molecule has 0 bridgehead atoms. The topological polar surface area (TPSA) is 75.5 Å². The van der Waals surface area contributed by atoms with Crippen molar-refractivity contribution in [3.8, 4) is 5.69 Å². The lowest BCUT2D eigenvalue weighted by Gasteiger charge is -2.34. The zero-order chi connectivity index (χ0) is 22.2. The van der Waals surface area contributed by atoms with Crippen LogP contribution in [-0.2, 0) is 10.0 Å². The van der Waals surface area contributed by atoms with Crippen molar-refractivity contribution in [3.05, 3.63) is 81.6 Å². The van der Waals surface area contributed by atoms with E-state index >= 15 is 0 Å². The summed E-state index contributed by atoms with van der Waals surface area (Å²) in [4.78, 5) is 13.8. The van der Waals surface area contributed by atoms with Crippen LogP contribution in [0, 0.1) is 11.6 Å². The third-order valence-corrected chi connectivity index (χ3v) is 7.10. The average molecular weight is 467 g/mol. The Kier molecular flexibility index (Phi) is 5.78. The van der Waals surface area contributed by atoms with Gasteiger partial charge in [0, 0.05) is 37.3 Å². The maximum Gasteiger partial charge on any atom is 0.271 e. The van der Waals surface area contributed by atoms with Gasteiger partial charge in [0.25, 0.3) is 5.56 Å². The van der Waals surface area contributed by atoms with Gasteiger partial charge in [0.1, 0.15) is 5.82 Å².